The van der Waals surface area contributed by atoms with Gasteiger partial charge >= 0.3 is 0 Å². The number of rotatable bonds is 1. The van der Waals surface area contributed by atoms with E-state index in [1.54, 1.807) is 6.08 Å². The SMILES string of the molecule is CN1CCC(=CC(=O)Cl)CC1. The van der Waals surface area contributed by atoms with Gasteiger partial charge in [0.15, 0.2) is 0 Å². The Morgan fingerprint density at radius 2 is 2.09 bits per heavy atom. The molecular formula is C8H12ClNO. The van der Waals surface area contributed by atoms with Crippen molar-refractivity contribution in [2.45, 2.75) is 12.8 Å². The maximum absolute atomic E-state index is 10.5. The molecule has 0 aromatic heterocycles. The van der Waals surface area contributed by atoms with Crippen LogP contribution >= 0.6 is 11.6 Å². The molecule has 1 saturated heterocycles. The number of hydrogen-bond acceptors (Lipinski definition) is 2. The highest BCUT2D eigenvalue weighted by Crippen LogP contribution is 2.14. The van der Waals surface area contributed by atoms with E-state index in [1.165, 1.54) is 5.57 Å². The van der Waals surface area contributed by atoms with Crippen LogP contribution in [0.4, 0.5) is 0 Å². The third-order valence-corrected chi connectivity index (χ3v) is 2.06. The van der Waals surface area contributed by atoms with Crippen molar-refractivity contribution in [2.24, 2.45) is 0 Å². The van der Waals surface area contributed by atoms with Gasteiger partial charge in [-0.05, 0) is 37.6 Å². The van der Waals surface area contributed by atoms with Crippen molar-refractivity contribution in [1.29, 1.82) is 0 Å². The Labute approximate surface area is 71.8 Å². The molecule has 1 rings (SSSR count). The van der Waals surface area contributed by atoms with Gasteiger partial charge in [-0.25, -0.2) is 0 Å². The van der Waals surface area contributed by atoms with E-state index in [0.717, 1.165) is 25.9 Å². The largest absolute Gasteiger partial charge is 0.306 e. The van der Waals surface area contributed by atoms with Gasteiger partial charge in [-0.2, -0.15) is 0 Å². The lowest BCUT2D eigenvalue weighted by Crippen LogP contribution is -2.26. The molecule has 0 unspecified atom stereocenters. The number of likely N-dealkylation sites (tertiary alicyclic amines) is 1. The zero-order valence-electron chi connectivity index (χ0n) is 6.64. The van der Waals surface area contributed by atoms with E-state index in [9.17, 15) is 4.79 Å². The second kappa shape index (κ2) is 3.88. The molecule has 0 spiro atoms. The van der Waals surface area contributed by atoms with Crippen molar-refractivity contribution in [3.05, 3.63) is 11.6 Å². The third kappa shape index (κ3) is 3.04. The molecule has 0 aliphatic carbocycles. The predicted molar refractivity (Wildman–Crippen MR) is 45.7 cm³/mol. The predicted octanol–water partition coefficient (Wildman–Crippen LogP) is 1.40. The smallest absolute Gasteiger partial charge is 0.245 e. The van der Waals surface area contributed by atoms with Crippen LogP contribution in [0.2, 0.25) is 0 Å². The molecule has 62 valence electrons. The monoisotopic (exact) mass is 173 g/mol. The lowest BCUT2D eigenvalue weighted by atomic mass is 10.0. The number of carbonyl (C=O) groups excluding carboxylic acids is 1. The van der Waals surface area contributed by atoms with Gasteiger partial charge in [0.2, 0.25) is 5.24 Å². The Bertz CT molecular complexity index is 179. The van der Waals surface area contributed by atoms with E-state index in [0.29, 0.717) is 0 Å². The molecule has 1 heterocycles. The maximum atomic E-state index is 10.5. The normalized spacial score (nSPS) is 20.0. The van der Waals surface area contributed by atoms with E-state index in [4.69, 9.17) is 11.6 Å². The van der Waals surface area contributed by atoms with Crippen molar-refractivity contribution in [2.75, 3.05) is 20.1 Å². The van der Waals surface area contributed by atoms with Gasteiger partial charge in [-0.3, -0.25) is 4.79 Å². The van der Waals surface area contributed by atoms with E-state index >= 15 is 0 Å². The third-order valence-electron chi connectivity index (χ3n) is 1.95. The first kappa shape index (κ1) is 8.75. The summed E-state index contributed by atoms with van der Waals surface area (Å²) in [6, 6.07) is 0. The van der Waals surface area contributed by atoms with Crippen LogP contribution in [0.5, 0.6) is 0 Å². The molecule has 0 bridgehead atoms. The zero-order chi connectivity index (χ0) is 8.27. The minimum atomic E-state index is -0.343. The Balaban J connectivity index is 2.45. The van der Waals surface area contributed by atoms with Gasteiger partial charge < -0.3 is 4.90 Å². The molecule has 0 saturated carbocycles. The fourth-order valence-electron chi connectivity index (χ4n) is 1.21. The number of nitrogens with zero attached hydrogens (tertiary/aromatic N) is 1. The van der Waals surface area contributed by atoms with E-state index in [-0.39, 0.29) is 5.24 Å². The minimum Gasteiger partial charge on any atom is -0.306 e. The summed E-state index contributed by atoms with van der Waals surface area (Å²) < 4.78 is 0. The summed E-state index contributed by atoms with van der Waals surface area (Å²) in [5.74, 6) is 0. The molecule has 0 radical (unpaired) electrons. The van der Waals surface area contributed by atoms with Gasteiger partial charge in [-0.15, -0.1) is 0 Å². The highest BCUT2D eigenvalue weighted by molar-refractivity contribution is 6.66. The number of hydrogen-bond donors (Lipinski definition) is 0. The summed E-state index contributed by atoms with van der Waals surface area (Å²) in [7, 11) is 2.08. The van der Waals surface area contributed by atoms with Crippen LogP contribution in [0.25, 0.3) is 0 Å². The Morgan fingerprint density at radius 3 is 2.55 bits per heavy atom. The van der Waals surface area contributed by atoms with Gasteiger partial charge in [-0.1, -0.05) is 5.57 Å². The summed E-state index contributed by atoms with van der Waals surface area (Å²) in [6.45, 7) is 2.08. The summed E-state index contributed by atoms with van der Waals surface area (Å²) in [5.41, 5.74) is 1.18. The van der Waals surface area contributed by atoms with Crippen LogP contribution in [0.15, 0.2) is 11.6 Å². The lowest BCUT2D eigenvalue weighted by Gasteiger charge is -2.23. The molecule has 0 atom stereocenters. The highest BCUT2D eigenvalue weighted by atomic mass is 35.5. The van der Waals surface area contributed by atoms with Crippen LogP contribution in [-0.2, 0) is 4.79 Å². The fourth-order valence-corrected chi connectivity index (χ4v) is 1.36. The first-order chi connectivity index (χ1) is 5.18. The lowest BCUT2D eigenvalue weighted by molar-refractivity contribution is -0.107. The van der Waals surface area contributed by atoms with Crippen LogP contribution < -0.4 is 0 Å². The summed E-state index contributed by atoms with van der Waals surface area (Å²) in [4.78, 5) is 12.7. The number of allylic oxidation sites excluding steroid dienone is 1. The minimum absolute atomic E-state index is 0.343. The molecule has 1 aliphatic heterocycles. The number of halogens is 1. The molecule has 0 aromatic carbocycles. The topological polar surface area (TPSA) is 20.3 Å². The van der Waals surface area contributed by atoms with Crippen LogP contribution in [0.3, 0.4) is 0 Å². The first-order valence-electron chi connectivity index (χ1n) is 3.76. The Morgan fingerprint density at radius 1 is 1.55 bits per heavy atom. The van der Waals surface area contributed by atoms with E-state index in [1.807, 2.05) is 0 Å². The van der Waals surface area contributed by atoms with Crippen LogP contribution in [-0.4, -0.2) is 30.3 Å². The highest BCUT2D eigenvalue weighted by Gasteiger charge is 2.09. The molecular weight excluding hydrogens is 162 g/mol. The average molecular weight is 174 g/mol. The first-order valence-corrected chi connectivity index (χ1v) is 4.14. The zero-order valence-corrected chi connectivity index (χ0v) is 7.40. The standard InChI is InChI=1S/C8H12ClNO/c1-10-4-2-7(3-5-10)6-8(9)11/h6H,2-5H2,1H3. The molecule has 2 nitrogen and oxygen atoms in total. The maximum Gasteiger partial charge on any atom is 0.245 e. The average Bonchev–Trinajstić information content (AvgIpc) is 1.93. The van der Waals surface area contributed by atoms with Gasteiger partial charge in [0.05, 0.1) is 0 Å². The summed E-state index contributed by atoms with van der Waals surface area (Å²) >= 11 is 5.22. The van der Waals surface area contributed by atoms with Crippen LogP contribution in [0.1, 0.15) is 12.8 Å². The van der Waals surface area contributed by atoms with Crippen molar-refractivity contribution in [3.63, 3.8) is 0 Å². The Kier molecular flexibility index (Phi) is 3.09. The van der Waals surface area contributed by atoms with E-state index < -0.39 is 0 Å². The molecule has 0 N–H and O–H groups in total. The second-order valence-electron chi connectivity index (χ2n) is 2.91. The van der Waals surface area contributed by atoms with Gasteiger partial charge in [0.25, 0.3) is 0 Å². The second-order valence-corrected chi connectivity index (χ2v) is 3.28. The van der Waals surface area contributed by atoms with Gasteiger partial charge in [0, 0.05) is 13.1 Å². The molecule has 0 amide bonds. The van der Waals surface area contributed by atoms with Crippen molar-refractivity contribution >= 4 is 16.8 Å². The van der Waals surface area contributed by atoms with Crippen molar-refractivity contribution in [1.82, 2.24) is 4.90 Å². The van der Waals surface area contributed by atoms with E-state index in [2.05, 4.69) is 11.9 Å². The number of piperidine rings is 1. The summed E-state index contributed by atoms with van der Waals surface area (Å²) in [5, 5.41) is -0.343. The fraction of sp³-hybridized carbons (Fsp3) is 0.625. The molecule has 1 fully saturated rings. The van der Waals surface area contributed by atoms with Gasteiger partial charge in [0.1, 0.15) is 0 Å². The Hall–Kier alpha value is -0.340. The number of carbonyl (C=O) groups is 1. The van der Waals surface area contributed by atoms with Crippen molar-refractivity contribution < 1.29 is 4.79 Å². The molecule has 0 aromatic rings. The molecule has 11 heavy (non-hydrogen) atoms. The summed E-state index contributed by atoms with van der Waals surface area (Å²) in [6.07, 6.45) is 3.51. The molecule has 1 aliphatic rings. The van der Waals surface area contributed by atoms with Crippen molar-refractivity contribution in [3.8, 4) is 0 Å². The van der Waals surface area contributed by atoms with Crippen LogP contribution in [0, 0.1) is 0 Å². The molecule has 3 heteroatoms. The quantitative estimate of drug-likeness (QED) is 0.442.